The van der Waals surface area contributed by atoms with Gasteiger partial charge in [-0.2, -0.15) is 12.7 Å². The molecule has 1 aromatic heterocycles. The van der Waals surface area contributed by atoms with Gasteiger partial charge in [0.25, 0.3) is 0 Å². The molecule has 6 nitrogen and oxygen atoms in total. The first-order valence-electron chi connectivity index (χ1n) is 5.16. The maximum atomic E-state index is 12.1. The van der Waals surface area contributed by atoms with Crippen molar-refractivity contribution in [3.8, 4) is 0 Å². The first-order valence-corrected chi connectivity index (χ1v) is 6.56. The summed E-state index contributed by atoms with van der Waals surface area (Å²) in [5.41, 5.74) is 0. The highest BCUT2D eigenvalue weighted by Gasteiger charge is 2.28. The van der Waals surface area contributed by atoms with Gasteiger partial charge in [-0.05, 0) is 12.8 Å². The van der Waals surface area contributed by atoms with Gasteiger partial charge in [-0.3, -0.25) is 0 Å². The zero-order valence-corrected chi connectivity index (χ0v) is 9.93. The molecule has 1 saturated heterocycles. The predicted octanol–water partition coefficient (Wildman–Crippen LogP) is 0.0868. The number of rotatable bonds is 3. The molecule has 90 valence electrons. The largest absolute Gasteiger partial charge is 0.381 e. The smallest absolute Gasteiger partial charge is 0.308 e. The summed E-state index contributed by atoms with van der Waals surface area (Å²) in [6.45, 7) is 1.24. The lowest BCUT2D eigenvalue weighted by atomic mass is 10.1. The molecule has 1 aliphatic heterocycles. The summed E-state index contributed by atoms with van der Waals surface area (Å²) in [5, 5.41) is 0. The Kier molecular flexibility index (Phi) is 3.27. The molecule has 0 bridgehead atoms. The van der Waals surface area contributed by atoms with Crippen LogP contribution in [0.15, 0.2) is 18.7 Å². The molecule has 0 N–H and O–H groups in total. The number of aromatic nitrogens is 2. The second kappa shape index (κ2) is 4.52. The van der Waals surface area contributed by atoms with Crippen LogP contribution in [0, 0.1) is 0 Å². The Morgan fingerprint density at radius 3 is 2.69 bits per heavy atom. The molecular formula is C9H15N3O3S. The molecule has 16 heavy (non-hydrogen) atoms. The van der Waals surface area contributed by atoms with E-state index in [0.29, 0.717) is 13.2 Å². The number of hydrogen-bond acceptors (Lipinski definition) is 4. The van der Waals surface area contributed by atoms with Crippen LogP contribution in [0.5, 0.6) is 0 Å². The lowest BCUT2D eigenvalue weighted by molar-refractivity contribution is 0.0630. The van der Waals surface area contributed by atoms with Crippen LogP contribution in [0.3, 0.4) is 0 Å². The monoisotopic (exact) mass is 245 g/mol. The molecule has 0 atom stereocenters. The van der Waals surface area contributed by atoms with Crippen molar-refractivity contribution in [3.05, 3.63) is 18.7 Å². The Morgan fingerprint density at radius 1 is 1.44 bits per heavy atom. The second-order valence-corrected chi connectivity index (χ2v) is 5.65. The summed E-state index contributed by atoms with van der Waals surface area (Å²) in [7, 11) is -1.86. The van der Waals surface area contributed by atoms with Crippen molar-refractivity contribution in [2.75, 3.05) is 20.3 Å². The average molecular weight is 245 g/mol. The fourth-order valence-corrected chi connectivity index (χ4v) is 3.04. The lowest BCUT2D eigenvalue weighted by Gasteiger charge is -2.30. The standard InChI is InChI=1S/C9H15N3O3S/c1-11(9-2-6-15-7-3-9)16(13,14)12-5-4-10-8-12/h4-5,8-9H,2-3,6-7H2,1H3. The van der Waals surface area contributed by atoms with Crippen molar-refractivity contribution < 1.29 is 13.2 Å². The van der Waals surface area contributed by atoms with Crippen molar-refractivity contribution in [2.24, 2.45) is 0 Å². The van der Waals surface area contributed by atoms with E-state index < -0.39 is 10.2 Å². The average Bonchev–Trinajstić information content (AvgIpc) is 2.83. The van der Waals surface area contributed by atoms with Crippen molar-refractivity contribution in [3.63, 3.8) is 0 Å². The molecule has 7 heteroatoms. The lowest BCUT2D eigenvalue weighted by Crippen LogP contribution is -2.42. The Labute approximate surface area is 95.0 Å². The van der Waals surface area contributed by atoms with Crippen LogP contribution in [-0.2, 0) is 14.9 Å². The van der Waals surface area contributed by atoms with E-state index >= 15 is 0 Å². The van der Waals surface area contributed by atoms with Gasteiger partial charge in [0.05, 0.1) is 0 Å². The van der Waals surface area contributed by atoms with E-state index in [1.807, 2.05) is 0 Å². The van der Waals surface area contributed by atoms with Gasteiger partial charge < -0.3 is 4.74 Å². The summed E-state index contributed by atoms with van der Waals surface area (Å²) in [6, 6.07) is 0.0150. The minimum atomic E-state index is -3.46. The van der Waals surface area contributed by atoms with E-state index in [2.05, 4.69) is 4.98 Å². The van der Waals surface area contributed by atoms with Gasteiger partial charge in [-0.1, -0.05) is 0 Å². The number of hydrogen-bond donors (Lipinski definition) is 0. The molecule has 2 heterocycles. The summed E-state index contributed by atoms with van der Waals surface area (Å²) in [6.07, 6.45) is 5.67. The molecule has 0 radical (unpaired) electrons. The highest BCUT2D eigenvalue weighted by Crippen LogP contribution is 2.17. The van der Waals surface area contributed by atoms with Crippen LogP contribution < -0.4 is 0 Å². The summed E-state index contributed by atoms with van der Waals surface area (Å²) >= 11 is 0. The van der Waals surface area contributed by atoms with Crippen LogP contribution in [0.1, 0.15) is 12.8 Å². The molecule has 1 aromatic rings. The van der Waals surface area contributed by atoms with Gasteiger partial charge >= 0.3 is 10.2 Å². The fraction of sp³-hybridized carbons (Fsp3) is 0.667. The Hall–Kier alpha value is -0.920. The third-order valence-electron chi connectivity index (χ3n) is 2.82. The summed E-state index contributed by atoms with van der Waals surface area (Å²) in [4.78, 5) is 3.75. The van der Waals surface area contributed by atoms with Gasteiger partial charge in [0.15, 0.2) is 0 Å². The van der Waals surface area contributed by atoms with Crippen LogP contribution >= 0.6 is 0 Å². The molecule has 0 aromatic carbocycles. The van der Waals surface area contributed by atoms with Crippen molar-refractivity contribution in [1.82, 2.24) is 13.3 Å². The number of ether oxygens (including phenoxy) is 1. The topological polar surface area (TPSA) is 64.4 Å². The molecule has 0 amide bonds. The first-order chi connectivity index (χ1) is 7.62. The van der Waals surface area contributed by atoms with Gasteiger partial charge in [0, 0.05) is 38.7 Å². The van der Waals surface area contributed by atoms with E-state index in [9.17, 15) is 8.42 Å². The molecule has 1 fully saturated rings. The zero-order chi connectivity index (χ0) is 11.6. The normalized spacial score (nSPS) is 19.1. The quantitative estimate of drug-likeness (QED) is 0.757. The zero-order valence-electron chi connectivity index (χ0n) is 9.11. The van der Waals surface area contributed by atoms with Gasteiger partial charge in [0.1, 0.15) is 6.33 Å². The van der Waals surface area contributed by atoms with Gasteiger partial charge in [-0.25, -0.2) is 8.96 Å². The van der Waals surface area contributed by atoms with Crippen LogP contribution in [0.2, 0.25) is 0 Å². The molecule has 2 rings (SSSR count). The third kappa shape index (κ3) is 2.11. The van der Waals surface area contributed by atoms with Crippen molar-refractivity contribution in [1.29, 1.82) is 0 Å². The van der Waals surface area contributed by atoms with Crippen LogP contribution in [-0.4, -0.2) is 48.0 Å². The Morgan fingerprint density at radius 2 is 2.12 bits per heavy atom. The molecular weight excluding hydrogens is 230 g/mol. The first kappa shape index (κ1) is 11.6. The van der Waals surface area contributed by atoms with Crippen molar-refractivity contribution in [2.45, 2.75) is 18.9 Å². The SMILES string of the molecule is CN(C1CCOCC1)S(=O)(=O)n1ccnc1. The van der Waals surface area contributed by atoms with E-state index in [4.69, 9.17) is 4.74 Å². The maximum Gasteiger partial charge on any atom is 0.308 e. The molecule has 0 saturated carbocycles. The molecule has 0 spiro atoms. The van der Waals surface area contributed by atoms with E-state index in [-0.39, 0.29) is 6.04 Å². The highest BCUT2D eigenvalue weighted by atomic mass is 32.2. The predicted molar refractivity (Wildman–Crippen MR) is 58.1 cm³/mol. The third-order valence-corrected chi connectivity index (χ3v) is 4.59. The van der Waals surface area contributed by atoms with Gasteiger partial charge in [0.2, 0.25) is 0 Å². The molecule has 0 unspecified atom stereocenters. The molecule has 1 aliphatic rings. The van der Waals surface area contributed by atoms with E-state index in [0.717, 1.165) is 16.8 Å². The number of nitrogens with zero attached hydrogens (tertiary/aromatic N) is 3. The summed E-state index contributed by atoms with van der Waals surface area (Å²) < 4.78 is 31.9. The van der Waals surface area contributed by atoms with Gasteiger partial charge in [-0.15, -0.1) is 0 Å². The Balaban J connectivity index is 2.17. The Bertz CT molecular complexity index is 423. The summed E-state index contributed by atoms with van der Waals surface area (Å²) in [5.74, 6) is 0. The minimum absolute atomic E-state index is 0.0150. The van der Waals surface area contributed by atoms with Crippen molar-refractivity contribution >= 4 is 10.2 Å². The second-order valence-electron chi connectivity index (χ2n) is 3.76. The molecule has 0 aliphatic carbocycles. The minimum Gasteiger partial charge on any atom is -0.381 e. The van der Waals surface area contributed by atoms with E-state index in [1.54, 1.807) is 7.05 Å². The highest BCUT2D eigenvalue weighted by molar-refractivity contribution is 7.87. The number of imidazole rings is 1. The van der Waals surface area contributed by atoms with Crippen LogP contribution in [0.4, 0.5) is 0 Å². The fourth-order valence-electron chi connectivity index (χ4n) is 1.77. The maximum absolute atomic E-state index is 12.1. The van der Waals surface area contributed by atoms with E-state index in [1.165, 1.54) is 23.0 Å². The van der Waals surface area contributed by atoms with Crippen LogP contribution in [0.25, 0.3) is 0 Å².